The second-order valence-corrected chi connectivity index (χ2v) is 8.34. The number of benzene rings is 2. The molecular formula is C22H28O2. The van der Waals surface area contributed by atoms with Crippen LogP contribution in [0.25, 0.3) is 0 Å². The fourth-order valence-corrected chi connectivity index (χ4v) is 2.72. The van der Waals surface area contributed by atoms with E-state index in [1.165, 1.54) is 0 Å². The molecule has 24 heavy (non-hydrogen) atoms. The zero-order valence-electron chi connectivity index (χ0n) is 15.6. The summed E-state index contributed by atoms with van der Waals surface area (Å²) in [4.78, 5) is 11.4. The minimum absolute atomic E-state index is 0.106. The summed E-state index contributed by atoms with van der Waals surface area (Å²) < 4.78 is 6.29. The Balaban J connectivity index is 2.55. The van der Waals surface area contributed by atoms with Gasteiger partial charge in [-0.1, -0.05) is 71.9 Å². The van der Waals surface area contributed by atoms with Gasteiger partial charge in [0.25, 0.3) is 0 Å². The maximum atomic E-state index is 11.4. The van der Waals surface area contributed by atoms with Crippen LogP contribution in [0.2, 0.25) is 0 Å². The summed E-state index contributed by atoms with van der Waals surface area (Å²) in [7, 11) is 0. The molecule has 2 aromatic rings. The molecule has 0 aromatic heterocycles. The zero-order chi connectivity index (χ0) is 18.0. The molecule has 0 fully saturated rings. The Labute approximate surface area is 145 Å². The standard InChI is InChI=1S/C22H28O2/c1-21(2,3)18-12-17(14-23)13-19(22(4,5)6)20(18)24-15-16-10-8-7-9-11-16/h7-14H,15H2,1-6H3. The maximum absolute atomic E-state index is 11.4. The summed E-state index contributed by atoms with van der Waals surface area (Å²) in [6.07, 6.45) is 0.922. The van der Waals surface area contributed by atoms with E-state index in [1.807, 2.05) is 30.3 Å². The Morgan fingerprint density at radius 3 is 1.79 bits per heavy atom. The maximum Gasteiger partial charge on any atom is 0.150 e. The van der Waals surface area contributed by atoms with Gasteiger partial charge >= 0.3 is 0 Å². The van der Waals surface area contributed by atoms with Crippen LogP contribution in [0.15, 0.2) is 42.5 Å². The van der Waals surface area contributed by atoms with Gasteiger partial charge < -0.3 is 4.74 Å². The molecule has 0 atom stereocenters. The van der Waals surface area contributed by atoms with Gasteiger partial charge in [0.2, 0.25) is 0 Å². The molecule has 128 valence electrons. The molecule has 0 N–H and O–H groups in total. The van der Waals surface area contributed by atoms with Crippen molar-refractivity contribution >= 4 is 6.29 Å². The predicted molar refractivity (Wildman–Crippen MR) is 100 cm³/mol. The molecule has 0 aliphatic carbocycles. The van der Waals surface area contributed by atoms with Crippen molar-refractivity contribution in [2.75, 3.05) is 0 Å². The number of rotatable bonds is 4. The second-order valence-electron chi connectivity index (χ2n) is 8.34. The quantitative estimate of drug-likeness (QED) is 0.677. The Hall–Kier alpha value is -2.09. The third kappa shape index (κ3) is 4.25. The third-order valence-corrected chi connectivity index (χ3v) is 4.09. The molecule has 2 rings (SSSR count). The normalized spacial score (nSPS) is 12.1. The highest BCUT2D eigenvalue weighted by molar-refractivity contribution is 5.77. The highest BCUT2D eigenvalue weighted by Crippen LogP contribution is 2.40. The van der Waals surface area contributed by atoms with E-state index in [9.17, 15) is 4.79 Å². The minimum atomic E-state index is -0.106. The lowest BCUT2D eigenvalue weighted by Gasteiger charge is -2.30. The second kappa shape index (κ2) is 6.80. The van der Waals surface area contributed by atoms with Crippen LogP contribution in [0.1, 0.15) is 68.6 Å². The van der Waals surface area contributed by atoms with E-state index in [-0.39, 0.29) is 10.8 Å². The molecule has 2 heteroatoms. The van der Waals surface area contributed by atoms with E-state index in [4.69, 9.17) is 4.74 Å². The first kappa shape index (κ1) is 18.3. The van der Waals surface area contributed by atoms with Crippen molar-refractivity contribution in [1.82, 2.24) is 0 Å². The number of carbonyl (C=O) groups excluding carboxylic acids is 1. The van der Waals surface area contributed by atoms with Crippen LogP contribution in [0.4, 0.5) is 0 Å². The summed E-state index contributed by atoms with van der Waals surface area (Å²) >= 11 is 0. The highest BCUT2D eigenvalue weighted by atomic mass is 16.5. The smallest absolute Gasteiger partial charge is 0.150 e. The topological polar surface area (TPSA) is 26.3 Å². The van der Waals surface area contributed by atoms with Crippen molar-refractivity contribution in [3.63, 3.8) is 0 Å². The van der Waals surface area contributed by atoms with E-state index < -0.39 is 0 Å². The molecule has 0 aliphatic rings. The van der Waals surface area contributed by atoms with Gasteiger partial charge in [0.15, 0.2) is 0 Å². The molecule has 0 aliphatic heterocycles. The molecule has 0 heterocycles. The molecule has 0 unspecified atom stereocenters. The number of carbonyl (C=O) groups is 1. The molecule has 0 bridgehead atoms. The van der Waals surface area contributed by atoms with Crippen LogP contribution in [0.3, 0.4) is 0 Å². The molecule has 0 radical (unpaired) electrons. The first-order valence-electron chi connectivity index (χ1n) is 8.44. The lowest BCUT2D eigenvalue weighted by Crippen LogP contribution is -2.20. The van der Waals surface area contributed by atoms with E-state index in [0.717, 1.165) is 28.7 Å². The van der Waals surface area contributed by atoms with Crippen LogP contribution in [0, 0.1) is 0 Å². The van der Waals surface area contributed by atoms with Gasteiger partial charge in [-0.2, -0.15) is 0 Å². The van der Waals surface area contributed by atoms with E-state index in [0.29, 0.717) is 12.2 Å². The molecule has 0 saturated carbocycles. The number of ether oxygens (including phenoxy) is 1. The fourth-order valence-electron chi connectivity index (χ4n) is 2.72. The van der Waals surface area contributed by atoms with Gasteiger partial charge in [0, 0.05) is 16.7 Å². The molecule has 0 saturated heterocycles. The monoisotopic (exact) mass is 324 g/mol. The SMILES string of the molecule is CC(C)(C)c1cc(C=O)cc(C(C)(C)C)c1OCc1ccccc1. The number of aldehydes is 1. The Bertz CT molecular complexity index is 666. The van der Waals surface area contributed by atoms with Crippen LogP contribution in [-0.4, -0.2) is 6.29 Å². The molecule has 2 aromatic carbocycles. The molecule has 0 spiro atoms. The van der Waals surface area contributed by atoms with Gasteiger partial charge in [-0.05, 0) is 28.5 Å². The summed E-state index contributed by atoms with van der Waals surface area (Å²) in [6.45, 7) is 13.4. The Morgan fingerprint density at radius 2 is 1.38 bits per heavy atom. The van der Waals surface area contributed by atoms with Crippen molar-refractivity contribution < 1.29 is 9.53 Å². The number of hydrogen-bond acceptors (Lipinski definition) is 2. The lowest BCUT2D eigenvalue weighted by molar-refractivity contribution is 0.112. The lowest BCUT2D eigenvalue weighted by atomic mass is 9.78. The zero-order valence-corrected chi connectivity index (χ0v) is 15.6. The summed E-state index contributed by atoms with van der Waals surface area (Å²) in [5.74, 6) is 0.907. The van der Waals surface area contributed by atoms with Crippen molar-refractivity contribution in [2.45, 2.75) is 59.0 Å². The molecular weight excluding hydrogens is 296 g/mol. The van der Waals surface area contributed by atoms with Gasteiger partial charge in [0.1, 0.15) is 18.6 Å². The van der Waals surface area contributed by atoms with E-state index in [2.05, 4.69) is 53.7 Å². The number of hydrogen-bond donors (Lipinski definition) is 0. The van der Waals surface area contributed by atoms with Gasteiger partial charge in [-0.25, -0.2) is 0 Å². The van der Waals surface area contributed by atoms with Crippen LogP contribution in [0.5, 0.6) is 5.75 Å². The summed E-state index contributed by atoms with van der Waals surface area (Å²) in [6, 6.07) is 14.1. The average molecular weight is 324 g/mol. The van der Waals surface area contributed by atoms with Crippen LogP contribution in [-0.2, 0) is 17.4 Å². The average Bonchev–Trinajstić information content (AvgIpc) is 2.51. The Morgan fingerprint density at radius 1 is 0.875 bits per heavy atom. The third-order valence-electron chi connectivity index (χ3n) is 4.09. The first-order chi connectivity index (χ1) is 11.1. The van der Waals surface area contributed by atoms with Crippen molar-refractivity contribution in [2.24, 2.45) is 0 Å². The fraction of sp³-hybridized carbons (Fsp3) is 0.409. The van der Waals surface area contributed by atoms with E-state index >= 15 is 0 Å². The van der Waals surface area contributed by atoms with Crippen molar-refractivity contribution in [1.29, 1.82) is 0 Å². The van der Waals surface area contributed by atoms with Crippen molar-refractivity contribution in [3.8, 4) is 5.75 Å². The Kier molecular flexibility index (Phi) is 5.17. The largest absolute Gasteiger partial charge is 0.488 e. The van der Waals surface area contributed by atoms with Gasteiger partial charge in [0.05, 0.1) is 0 Å². The van der Waals surface area contributed by atoms with E-state index in [1.54, 1.807) is 0 Å². The van der Waals surface area contributed by atoms with Crippen LogP contribution >= 0.6 is 0 Å². The van der Waals surface area contributed by atoms with Gasteiger partial charge in [-0.3, -0.25) is 4.79 Å². The molecule has 0 amide bonds. The van der Waals surface area contributed by atoms with Gasteiger partial charge in [-0.15, -0.1) is 0 Å². The highest BCUT2D eigenvalue weighted by Gasteiger charge is 2.27. The van der Waals surface area contributed by atoms with Crippen LogP contribution < -0.4 is 4.74 Å². The predicted octanol–water partition coefficient (Wildman–Crippen LogP) is 5.67. The summed E-state index contributed by atoms with van der Waals surface area (Å²) in [5.41, 5.74) is 3.78. The summed E-state index contributed by atoms with van der Waals surface area (Å²) in [5, 5.41) is 0. The molecule has 2 nitrogen and oxygen atoms in total. The minimum Gasteiger partial charge on any atom is -0.488 e. The van der Waals surface area contributed by atoms with Crippen molar-refractivity contribution in [3.05, 3.63) is 64.7 Å². The first-order valence-corrected chi connectivity index (χ1v) is 8.44.